The van der Waals surface area contributed by atoms with Gasteiger partial charge in [-0.2, -0.15) is 0 Å². The lowest BCUT2D eigenvalue weighted by molar-refractivity contribution is -0.116. The van der Waals surface area contributed by atoms with Gasteiger partial charge < -0.3 is 5.32 Å². The molecule has 0 unspecified atom stereocenters. The summed E-state index contributed by atoms with van der Waals surface area (Å²) in [7, 11) is 0. The maximum absolute atomic E-state index is 12.3. The van der Waals surface area contributed by atoms with Gasteiger partial charge >= 0.3 is 0 Å². The number of carbonyl (C=O) groups excluding carboxylic acids is 1. The van der Waals surface area contributed by atoms with Crippen LogP contribution in [0.25, 0.3) is 0 Å². The molecule has 0 atom stereocenters. The summed E-state index contributed by atoms with van der Waals surface area (Å²) < 4.78 is 1.10. The van der Waals surface area contributed by atoms with Crippen molar-refractivity contribution in [2.45, 2.75) is 45.1 Å². The highest BCUT2D eigenvalue weighted by Gasteiger charge is 2.14. The number of benzene rings is 2. The number of carbonyl (C=O) groups is 1. The summed E-state index contributed by atoms with van der Waals surface area (Å²) in [6, 6.07) is 16.6. The number of rotatable bonds is 8. The molecule has 1 aliphatic heterocycles. The van der Waals surface area contributed by atoms with Gasteiger partial charge in [0.25, 0.3) is 0 Å². The van der Waals surface area contributed by atoms with Crippen molar-refractivity contribution in [1.82, 2.24) is 4.90 Å². The number of likely N-dealkylation sites (tertiary alicyclic amines) is 1. The number of anilines is 1. The van der Waals surface area contributed by atoms with Gasteiger partial charge in [-0.25, -0.2) is 0 Å². The third kappa shape index (κ3) is 5.96. The molecule has 3 nitrogen and oxygen atoms in total. The molecule has 0 spiro atoms. The molecule has 1 heterocycles. The zero-order valence-electron chi connectivity index (χ0n) is 15.2. The van der Waals surface area contributed by atoms with Crippen LogP contribution in [0.15, 0.2) is 53.0 Å². The first-order valence-corrected chi connectivity index (χ1v) is 10.3. The molecule has 0 radical (unpaired) electrons. The molecule has 1 aliphatic rings. The highest BCUT2D eigenvalue weighted by molar-refractivity contribution is 9.10. The second-order valence-electron chi connectivity index (χ2n) is 7.02. The lowest BCUT2D eigenvalue weighted by Crippen LogP contribution is -2.20. The number of nitrogens with one attached hydrogen (secondary N) is 1. The van der Waals surface area contributed by atoms with Crippen LogP contribution in [-0.2, 0) is 17.8 Å². The van der Waals surface area contributed by atoms with E-state index in [2.05, 4.69) is 62.5 Å². The number of amides is 1. The summed E-state index contributed by atoms with van der Waals surface area (Å²) in [5.74, 6) is 0.120. The van der Waals surface area contributed by atoms with Gasteiger partial charge in [0.05, 0.1) is 0 Å². The number of halogens is 1. The van der Waals surface area contributed by atoms with E-state index in [1.807, 2.05) is 12.1 Å². The van der Waals surface area contributed by atoms with Crippen molar-refractivity contribution in [2.75, 3.05) is 18.4 Å². The second kappa shape index (κ2) is 9.89. The Labute approximate surface area is 164 Å². The van der Waals surface area contributed by atoms with Gasteiger partial charge in [-0.05, 0) is 74.5 Å². The van der Waals surface area contributed by atoms with Crippen molar-refractivity contribution >= 4 is 27.5 Å². The number of nitrogens with zero attached hydrogens (tertiary/aromatic N) is 1. The summed E-state index contributed by atoms with van der Waals surface area (Å²) in [5.41, 5.74) is 3.51. The molecule has 4 heteroatoms. The van der Waals surface area contributed by atoms with Crippen molar-refractivity contribution in [2.24, 2.45) is 0 Å². The fourth-order valence-corrected chi connectivity index (χ4v) is 3.70. The largest absolute Gasteiger partial charge is 0.326 e. The van der Waals surface area contributed by atoms with E-state index in [-0.39, 0.29) is 5.91 Å². The highest BCUT2D eigenvalue weighted by atomic mass is 79.9. The minimum absolute atomic E-state index is 0.120. The van der Waals surface area contributed by atoms with E-state index < -0.39 is 0 Å². The van der Waals surface area contributed by atoms with Crippen LogP contribution < -0.4 is 5.32 Å². The zero-order valence-corrected chi connectivity index (χ0v) is 16.8. The Hall–Kier alpha value is -1.65. The summed E-state index contributed by atoms with van der Waals surface area (Å²) >= 11 is 3.46. The number of aryl methyl sites for hydroxylation is 1. The van der Waals surface area contributed by atoms with Crippen LogP contribution in [0.3, 0.4) is 0 Å². The van der Waals surface area contributed by atoms with Gasteiger partial charge in [-0.1, -0.05) is 46.3 Å². The standard InChI is InChI=1S/C22H27BrN2O/c23-20-13-11-18(12-14-20)7-1-4-10-22(26)24-21-9-3-2-8-19(21)17-25-15-5-6-16-25/h2-3,8-9,11-14H,1,4-7,10,15-17H2,(H,24,26). The number of unbranched alkanes of at least 4 members (excludes halogenated alkanes) is 1. The van der Waals surface area contributed by atoms with Crippen LogP contribution in [0.2, 0.25) is 0 Å². The normalized spacial score (nSPS) is 14.5. The Morgan fingerprint density at radius 3 is 2.50 bits per heavy atom. The minimum Gasteiger partial charge on any atom is -0.326 e. The molecular formula is C22H27BrN2O. The molecule has 138 valence electrons. The lowest BCUT2D eigenvalue weighted by atomic mass is 10.1. The summed E-state index contributed by atoms with van der Waals surface area (Å²) in [5, 5.41) is 3.12. The third-order valence-corrected chi connectivity index (χ3v) is 5.45. The first-order chi connectivity index (χ1) is 12.7. The molecule has 0 saturated carbocycles. The van der Waals surface area contributed by atoms with E-state index in [1.54, 1.807) is 0 Å². The average Bonchev–Trinajstić information content (AvgIpc) is 3.15. The molecule has 0 bridgehead atoms. The number of hydrogen-bond donors (Lipinski definition) is 1. The van der Waals surface area contributed by atoms with E-state index in [9.17, 15) is 4.79 Å². The van der Waals surface area contributed by atoms with E-state index in [1.165, 1.54) is 37.1 Å². The van der Waals surface area contributed by atoms with Crippen LogP contribution >= 0.6 is 15.9 Å². The fraction of sp³-hybridized carbons (Fsp3) is 0.409. The molecule has 1 N–H and O–H groups in total. The second-order valence-corrected chi connectivity index (χ2v) is 7.94. The Morgan fingerprint density at radius 1 is 1.00 bits per heavy atom. The highest BCUT2D eigenvalue weighted by Crippen LogP contribution is 2.20. The SMILES string of the molecule is O=C(CCCCc1ccc(Br)cc1)Nc1ccccc1CN1CCCC1. The van der Waals surface area contributed by atoms with Crippen LogP contribution in [-0.4, -0.2) is 23.9 Å². The Morgan fingerprint density at radius 2 is 1.73 bits per heavy atom. The number of hydrogen-bond acceptors (Lipinski definition) is 2. The molecule has 2 aromatic carbocycles. The molecule has 1 amide bonds. The molecular weight excluding hydrogens is 388 g/mol. The summed E-state index contributed by atoms with van der Waals surface area (Å²) in [6.45, 7) is 3.26. The van der Waals surface area contributed by atoms with Crippen molar-refractivity contribution in [1.29, 1.82) is 0 Å². The smallest absolute Gasteiger partial charge is 0.224 e. The van der Waals surface area contributed by atoms with Crippen LogP contribution in [0.4, 0.5) is 5.69 Å². The van der Waals surface area contributed by atoms with Gasteiger partial charge in [0.15, 0.2) is 0 Å². The van der Waals surface area contributed by atoms with Crippen molar-refractivity contribution in [3.63, 3.8) is 0 Å². The Bertz CT molecular complexity index is 708. The molecule has 3 rings (SSSR count). The molecule has 2 aromatic rings. The summed E-state index contributed by atoms with van der Waals surface area (Å²) in [6.07, 6.45) is 6.11. The van der Waals surface area contributed by atoms with Gasteiger partial charge in [0.1, 0.15) is 0 Å². The van der Waals surface area contributed by atoms with Crippen molar-refractivity contribution in [3.8, 4) is 0 Å². The topological polar surface area (TPSA) is 32.3 Å². The fourth-order valence-electron chi connectivity index (χ4n) is 3.44. The lowest BCUT2D eigenvalue weighted by Gasteiger charge is -2.17. The average molecular weight is 415 g/mol. The molecule has 1 saturated heterocycles. The van der Waals surface area contributed by atoms with Crippen molar-refractivity contribution < 1.29 is 4.79 Å². The van der Waals surface area contributed by atoms with E-state index >= 15 is 0 Å². The predicted octanol–water partition coefficient (Wildman–Crippen LogP) is 5.40. The predicted molar refractivity (Wildman–Crippen MR) is 111 cm³/mol. The van der Waals surface area contributed by atoms with E-state index in [0.29, 0.717) is 6.42 Å². The van der Waals surface area contributed by atoms with E-state index in [0.717, 1.165) is 36.0 Å². The zero-order chi connectivity index (χ0) is 18.2. The first-order valence-electron chi connectivity index (χ1n) is 9.55. The maximum atomic E-state index is 12.3. The van der Waals surface area contributed by atoms with Crippen molar-refractivity contribution in [3.05, 3.63) is 64.1 Å². The Balaban J connectivity index is 1.43. The molecule has 0 aromatic heterocycles. The summed E-state index contributed by atoms with van der Waals surface area (Å²) in [4.78, 5) is 14.8. The van der Waals surface area contributed by atoms with Gasteiger partial charge in [-0.15, -0.1) is 0 Å². The first kappa shape index (κ1) is 19.1. The van der Waals surface area contributed by atoms with Gasteiger partial charge in [0, 0.05) is 23.1 Å². The van der Waals surface area contributed by atoms with Crippen LogP contribution in [0.5, 0.6) is 0 Å². The molecule has 26 heavy (non-hydrogen) atoms. The van der Waals surface area contributed by atoms with Gasteiger partial charge in [0.2, 0.25) is 5.91 Å². The number of para-hydroxylation sites is 1. The third-order valence-electron chi connectivity index (χ3n) is 4.92. The van der Waals surface area contributed by atoms with Crippen LogP contribution in [0, 0.1) is 0 Å². The van der Waals surface area contributed by atoms with E-state index in [4.69, 9.17) is 0 Å². The maximum Gasteiger partial charge on any atom is 0.224 e. The van der Waals surface area contributed by atoms with Gasteiger partial charge in [-0.3, -0.25) is 9.69 Å². The Kier molecular flexibility index (Phi) is 7.27. The minimum atomic E-state index is 0.120. The molecule has 1 fully saturated rings. The van der Waals surface area contributed by atoms with Crippen LogP contribution in [0.1, 0.15) is 43.2 Å². The molecule has 0 aliphatic carbocycles. The monoisotopic (exact) mass is 414 g/mol. The quantitative estimate of drug-likeness (QED) is 0.586.